The first-order valence-electron chi connectivity index (χ1n) is 5.74. The second-order valence-electron chi connectivity index (χ2n) is 4.36. The van der Waals surface area contributed by atoms with Gasteiger partial charge in [0.2, 0.25) is 0 Å². The fourth-order valence-corrected chi connectivity index (χ4v) is 2.26. The Bertz CT molecular complexity index is 299. The first kappa shape index (κ1) is 10.5. The Labute approximate surface area is 91.1 Å². The quantitative estimate of drug-likeness (QED) is 0.805. The molecule has 1 aromatic rings. The van der Waals surface area contributed by atoms with E-state index in [4.69, 9.17) is 5.73 Å². The predicted molar refractivity (Wildman–Crippen MR) is 61.8 cm³/mol. The Kier molecular flexibility index (Phi) is 3.26. The van der Waals surface area contributed by atoms with Crippen LogP contribution < -0.4 is 10.6 Å². The normalized spacial score (nSPS) is 18.4. The van der Waals surface area contributed by atoms with Gasteiger partial charge in [0.05, 0.1) is 0 Å². The van der Waals surface area contributed by atoms with Crippen LogP contribution in [-0.2, 0) is 7.05 Å². The van der Waals surface area contributed by atoms with Crippen LogP contribution in [0.1, 0.15) is 19.3 Å². The summed E-state index contributed by atoms with van der Waals surface area (Å²) in [4.78, 5) is 2.37. The molecule has 2 N–H and O–H groups in total. The van der Waals surface area contributed by atoms with Crippen molar-refractivity contribution in [1.29, 1.82) is 0 Å². The standard InChI is InChI=1S/C11H20N4/c1-14-7-5-11(13-14)15-8-3-10(2-6-12)4-9-15/h5,7,10H,2-4,6,8-9,12H2,1H3. The number of nitrogens with two attached hydrogens (primary N) is 1. The highest BCUT2D eigenvalue weighted by molar-refractivity contribution is 5.37. The maximum Gasteiger partial charge on any atom is 0.150 e. The smallest absolute Gasteiger partial charge is 0.150 e. The molecule has 1 fully saturated rings. The summed E-state index contributed by atoms with van der Waals surface area (Å²) in [7, 11) is 1.96. The highest BCUT2D eigenvalue weighted by Gasteiger charge is 2.19. The van der Waals surface area contributed by atoms with Crippen LogP contribution in [0.15, 0.2) is 12.3 Å². The molecule has 0 atom stereocenters. The van der Waals surface area contributed by atoms with Crippen molar-refractivity contribution < 1.29 is 0 Å². The van der Waals surface area contributed by atoms with Gasteiger partial charge in [-0.3, -0.25) is 4.68 Å². The van der Waals surface area contributed by atoms with Crippen LogP contribution in [0.3, 0.4) is 0 Å². The lowest BCUT2D eigenvalue weighted by Gasteiger charge is -2.31. The van der Waals surface area contributed by atoms with Crippen LogP contribution >= 0.6 is 0 Å². The molecule has 2 rings (SSSR count). The Balaban J connectivity index is 1.88. The van der Waals surface area contributed by atoms with Gasteiger partial charge in [-0.15, -0.1) is 0 Å². The fraction of sp³-hybridized carbons (Fsp3) is 0.727. The lowest BCUT2D eigenvalue weighted by atomic mass is 9.94. The number of hydrogen-bond acceptors (Lipinski definition) is 3. The van der Waals surface area contributed by atoms with Crippen molar-refractivity contribution in [1.82, 2.24) is 9.78 Å². The predicted octanol–water partition coefficient (Wildman–Crippen LogP) is 0.985. The third kappa shape index (κ3) is 2.50. The molecule has 2 heterocycles. The molecular formula is C11H20N4. The van der Waals surface area contributed by atoms with Crippen molar-refractivity contribution in [3.05, 3.63) is 12.3 Å². The van der Waals surface area contributed by atoms with E-state index in [2.05, 4.69) is 16.1 Å². The molecule has 84 valence electrons. The zero-order valence-corrected chi connectivity index (χ0v) is 9.39. The van der Waals surface area contributed by atoms with Crippen molar-refractivity contribution in [2.45, 2.75) is 19.3 Å². The summed E-state index contributed by atoms with van der Waals surface area (Å²) >= 11 is 0. The minimum absolute atomic E-state index is 0.828. The molecule has 1 aliphatic rings. The van der Waals surface area contributed by atoms with Gasteiger partial charge in [-0.25, -0.2) is 0 Å². The van der Waals surface area contributed by atoms with E-state index in [-0.39, 0.29) is 0 Å². The molecule has 0 radical (unpaired) electrons. The van der Waals surface area contributed by atoms with E-state index in [1.807, 2.05) is 17.9 Å². The molecule has 0 saturated carbocycles. The average molecular weight is 208 g/mol. The maximum absolute atomic E-state index is 5.58. The Morgan fingerprint density at radius 3 is 2.73 bits per heavy atom. The minimum Gasteiger partial charge on any atom is -0.355 e. The van der Waals surface area contributed by atoms with Gasteiger partial charge in [0, 0.05) is 32.4 Å². The molecule has 1 saturated heterocycles. The van der Waals surface area contributed by atoms with E-state index in [1.165, 1.54) is 19.3 Å². The van der Waals surface area contributed by atoms with Gasteiger partial charge in [-0.05, 0) is 31.7 Å². The third-order valence-corrected chi connectivity index (χ3v) is 3.21. The van der Waals surface area contributed by atoms with Crippen LogP contribution in [0.5, 0.6) is 0 Å². The first-order valence-corrected chi connectivity index (χ1v) is 5.74. The highest BCUT2D eigenvalue weighted by Crippen LogP contribution is 2.23. The molecule has 0 unspecified atom stereocenters. The summed E-state index contributed by atoms with van der Waals surface area (Å²) in [6, 6.07) is 2.09. The van der Waals surface area contributed by atoms with Gasteiger partial charge < -0.3 is 10.6 Å². The number of nitrogens with zero attached hydrogens (tertiary/aromatic N) is 3. The van der Waals surface area contributed by atoms with Gasteiger partial charge >= 0.3 is 0 Å². The molecule has 0 spiro atoms. The zero-order chi connectivity index (χ0) is 10.7. The molecule has 0 amide bonds. The number of piperidine rings is 1. The fourth-order valence-electron chi connectivity index (χ4n) is 2.26. The molecule has 15 heavy (non-hydrogen) atoms. The lowest BCUT2D eigenvalue weighted by molar-refractivity contribution is 0.384. The number of rotatable bonds is 3. The van der Waals surface area contributed by atoms with Gasteiger partial charge in [0.1, 0.15) is 0 Å². The molecule has 0 aromatic carbocycles. The van der Waals surface area contributed by atoms with Crippen molar-refractivity contribution in [2.75, 3.05) is 24.5 Å². The average Bonchev–Trinajstić information content (AvgIpc) is 2.67. The maximum atomic E-state index is 5.58. The van der Waals surface area contributed by atoms with E-state index in [0.29, 0.717) is 0 Å². The highest BCUT2D eigenvalue weighted by atomic mass is 15.3. The van der Waals surface area contributed by atoms with E-state index >= 15 is 0 Å². The molecule has 4 nitrogen and oxygen atoms in total. The summed E-state index contributed by atoms with van der Waals surface area (Å²) in [5.41, 5.74) is 5.58. The van der Waals surface area contributed by atoms with E-state index in [0.717, 1.165) is 31.4 Å². The summed E-state index contributed by atoms with van der Waals surface area (Å²) in [5.74, 6) is 1.94. The van der Waals surface area contributed by atoms with Crippen LogP contribution in [0.2, 0.25) is 0 Å². The second kappa shape index (κ2) is 4.66. The monoisotopic (exact) mass is 208 g/mol. The molecule has 1 aromatic heterocycles. The molecule has 0 aliphatic carbocycles. The molecule has 0 bridgehead atoms. The van der Waals surface area contributed by atoms with Gasteiger partial charge in [0.15, 0.2) is 5.82 Å². The molecule has 1 aliphatic heterocycles. The minimum atomic E-state index is 0.828. The van der Waals surface area contributed by atoms with Crippen molar-refractivity contribution in [2.24, 2.45) is 18.7 Å². The van der Waals surface area contributed by atoms with Crippen molar-refractivity contribution >= 4 is 5.82 Å². The van der Waals surface area contributed by atoms with E-state index in [1.54, 1.807) is 0 Å². The van der Waals surface area contributed by atoms with Crippen molar-refractivity contribution in [3.8, 4) is 0 Å². The first-order chi connectivity index (χ1) is 7.29. The summed E-state index contributed by atoms with van der Waals surface area (Å²) in [6.45, 7) is 3.08. The third-order valence-electron chi connectivity index (χ3n) is 3.21. The Morgan fingerprint density at radius 2 is 2.20 bits per heavy atom. The van der Waals surface area contributed by atoms with Crippen LogP contribution in [-0.4, -0.2) is 29.4 Å². The molecular weight excluding hydrogens is 188 g/mol. The topological polar surface area (TPSA) is 47.1 Å². The molecule has 4 heteroatoms. The van der Waals surface area contributed by atoms with Crippen LogP contribution in [0, 0.1) is 5.92 Å². The number of aryl methyl sites for hydroxylation is 1. The van der Waals surface area contributed by atoms with Crippen LogP contribution in [0.4, 0.5) is 5.82 Å². The van der Waals surface area contributed by atoms with Crippen molar-refractivity contribution in [3.63, 3.8) is 0 Å². The summed E-state index contributed by atoms with van der Waals surface area (Å²) < 4.78 is 1.86. The Hall–Kier alpha value is -1.03. The van der Waals surface area contributed by atoms with Gasteiger partial charge in [0.25, 0.3) is 0 Å². The van der Waals surface area contributed by atoms with Gasteiger partial charge in [-0.1, -0.05) is 0 Å². The summed E-state index contributed by atoms with van der Waals surface area (Å²) in [6.07, 6.45) is 5.69. The lowest BCUT2D eigenvalue weighted by Crippen LogP contribution is -2.34. The second-order valence-corrected chi connectivity index (χ2v) is 4.36. The SMILES string of the molecule is Cn1ccc(N2CCC(CCN)CC2)n1. The van der Waals surface area contributed by atoms with Crippen LogP contribution in [0.25, 0.3) is 0 Å². The number of anilines is 1. The largest absolute Gasteiger partial charge is 0.355 e. The zero-order valence-electron chi connectivity index (χ0n) is 9.39. The Morgan fingerprint density at radius 1 is 1.47 bits per heavy atom. The number of hydrogen-bond donors (Lipinski definition) is 1. The summed E-state index contributed by atoms with van der Waals surface area (Å²) in [5, 5.41) is 4.42. The van der Waals surface area contributed by atoms with E-state index in [9.17, 15) is 0 Å². The van der Waals surface area contributed by atoms with E-state index < -0.39 is 0 Å². The van der Waals surface area contributed by atoms with Gasteiger partial charge in [-0.2, -0.15) is 5.10 Å². The number of aromatic nitrogens is 2.